The number of ether oxygens (including phenoxy) is 1. The van der Waals surface area contributed by atoms with Gasteiger partial charge in [-0.15, -0.1) is 0 Å². The van der Waals surface area contributed by atoms with Crippen LogP contribution in [0.4, 0.5) is 5.69 Å². The van der Waals surface area contributed by atoms with Crippen LogP contribution in [0.2, 0.25) is 0 Å². The summed E-state index contributed by atoms with van der Waals surface area (Å²) in [5.74, 6) is -0.615. The van der Waals surface area contributed by atoms with Gasteiger partial charge in [0.25, 0.3) is 5.91 Å². The van der Waals surface area contributed by atoms with Crippen LogP contribution in [0.1, 0.15) is 16.9 Å². The molecule has 3 aromatic rings. The number of hydrogen-bond acceptors (Lipinski definition) is 4. The highest BCUT2D eigenvalue weighted by atomic mass is 79.9. The fourth-order valence-corrected chi connectivity index (χ4v) is 2.75. The van der Waals surface area contributed by atoms with Gasteiger partial charge in [0.15, 0.2) is 5.69 Å². The molecule has 0 atom stereocenters. The summed E-state index contributed by atoms with van der Waals surface area (Å²) < 4.78 is 7.25. The molecule has 128 valence electrons. The van der Waals surface area contributed by atoms with E-state index < -0.39 is 0 Å². The van der Waals surface area contributed by atoms with Gasteiger partial charge < -0.3 is 10.1 Å². The summed E-state index contributed by atoms with van der Waals surface area (Å²) in [4.78, 5) is 24.0. The second-order valence-corrected chi connectivity index (χ2v) is 6.29. The Balaban J connectivity index is 1.88. The Morgan fingerprint density at radius 3 is 2.60 bits per heavy atom. The number of benzene rings is 2. The van der Waals surface area contributed by atoms with Gasteiger partial charge in [0.1, 0.15) is 0 Å². The molecule has 0 fully saturated rings. The molecular weight excluding hydrogens is 386 g/mol. The number of fused-ring (bicyclic) bond motifs is 1. The van der Waals surface area contributed by atoms with Crippen molar-refractivity contribution in [2.45, 2.75) is 13.0 Å². The number of amides is 1. The number of nitrogens with zero attached hydrogens (tertiary/aromatic N) is 2. The molecule has 7 heteroatoms. The van der Waals surface area contributed by atoms with Crippen molar-refractivity contribution in [2.24, 2.45) is 0 Å². The lowest BCUT2D eigenvalue weighted by atomic mass is 10.2. The number of halogens is 1. The molecule has 1 aromatic heterocycles. The summed E-state index contributed by atoms with van der Waals surface area (Å²) in [6.07, 6.45) is 0.190. The van der Waals surface area contributed by atoms with Crippen molar-refractivity contribution >= 4 is 44.4 Å². The summed E-state index contributed by atoms with van der Waals surface area (Å²) >= 11 is 3.36. The highest BCUT2D eigenvalue weighted by Crippen LogP contribution is 2.21. The van der Waals surface area contributed by atoms with Gasteiger partial charge in [-0.2, -0.15) is 5.10 Å². The topological polar surface area (TPSA) is 73.2 Å². The highest BCUT2D eigenvalue weighted by molar-refractivity contribution is 9.10. The van der Waals surface area contributed by atoms with Crippen LogP contribution in [0.25, 0.3) is 10.9 Å². The van der Waals surface area contributed by atoms with E-state index in [2.05, 4.69) is 31.1 Å². The molecule has 0 bridgehead atoms. The third kappa shape index (κ3) is 3.88. The first kappa shape index (κ1) is 17.2. The minimum Gasteiger partial charge on any atom is -0.469 e. The molecule has 1 N–H and O–H groups in total. The number of carbonyl (C=O) groups is 2. The number of para-hydroxylation sites is 1. The maximum Gasteiger partial charge on any atom is 0.307 e. The quantitative estimate of drug-likeness (QED) is 0.662. The van der Waals surface area contributed by atoms with Crippen LogP contribution in [-0.4, -0.2) is 28.8 Å². The lowest BCUT2D eigenvalue weighted by molar-refractivity contribution is -0.140. The average Bonchev–Trinajstić information content (AvgIpc) is 3.00. The molecule has 0 saturated heterocycles. The maximum absolute atomic E-state index is 12.6. The van der Waals surface area contributed by atoms with Crippen LogP contribution >= 0.6 is 15.9 Å². The van der Waals surface area contributed by atoms with Gasteiger partial charge in [-0.3, -0.25) is 14.3 Å². The van der Waals surface area contributed by atoms with Crippen molar-refractivity contribution in [1.82, 2.24) is 9.78 Å². The molecule has 1 heterocycles. The van der Waals surface area contributed by atoms with Gasteiger partial charge in [0.2, 0.25) is 0 Å². The molecule has 0 saturated carbocycles. The van der Waals surface area contributed by atoms with E-state index >= 15 is 0 Å². The van der Waals surface area contributed by atoms with Gasteiger partial charge in [-0.1, -0.05) is 34.1 Å². The monoisotopic (exact) mass is 401 g/mol. The molecule has 25 heavy (non-hydrogen) atoms. The number of anilines is 1. The van der Waals surface area contributed by atoms with Crippen LogP contribution < -0.4 is 5.32 Å². The van der Waals surface area contributed by atoms with Crippen LogP contribution in [0, 0.1) is 0 Å². The van der Waals surface area contributed by atoms with Gasteiger partial charge in [0, 0.05) is 15.5 Å². The van der Waals surface area contributed by atoms with Crippen LogP contribution in [0.5, 0.6) is 0 Å². The number of carbonyl (C=O) groups excluding carboxylic acids is 2. The van der Waals surface area contributed by atoms with E-state index in [1.165, 1.54) is 7.11 Å². The Bertz CT molecular complexity index is 919. The van der Waals surface area contributed by atoms with E-state index in [1.54, 1.807) is 16.8 Å². The van der Waals surface area contributed by atoms with Gasteiger partial charge in [-0.05, 0) is 30.3 Å². The molecule has 0 radical (unpaired) electrons. The fourth-order valence-electron chi connectivity index (χ4n) is 2.49. The van der Waals surface area contributed by atoms with Crippen molar-refractivity contribution in [3.63, 3.8) is 0 Å². The zero-order valence-electron chi connectivity index (χ0n) is 13.5. The molecule has 6 nitrogen and oxygen atoms in total. The third-order valence-corrected chi connectivity index (χ3v) is 4.26. The Morgan fingerprint density at radius 1 is 1.16 bits per heavy atom. The minimum atomic E-state index is -0.319. The number of rotatable bonds is 5. The molecule has 1 amide bonds. The summed E-state index contributed by atoms with van der Waals surface area (Å²) in [6, 6.07) is 14.7. The normalized spacial score (nSPS) is 10.6. The predicted molar refractivity (Wildman–Crippen MR) is 98.5 cm³/mol. The van der Waals surface area contributed by atoms with Gasteiger partial charge in [0.05, 0.1) is 25.6 Å². The molecule has 3 rings (SSSR count). The van der Waals surface area contributed by atoms with E-state index in [4.69, 9.17) is 0 Å². The summed E-state index contributed by atoms with van der Waals surface area (Å²) in [7, 11) is 1.35. The lowest BCUT2D eigenvalue weighted by Crippen LogP contribution is -2.14. The first-order valence-electron chi connectivity index (χ1n) is 7.68. The van der Waals surface area contributed by atoms with E-state index in [1.807, 2.05) is 36.4 Å². The highest BCUT2D eigenvalue weighted by Gasteiger charge is 2.17. The summed E-state index contributed by atoms with van der Waals surface area (Å²) in [5.41, 5.74) is 1.80. The SMILES string of the molecule is COC(=O)CCn1nc(C(=O)Nc2ccc(Br)cc2)c2ccccc21. The molecule has 0 aliphatic heterocycles. The largest absolute Gasteiger partial charge is 0.469 e. The van der Waals surface area contributed by atoms with Crippen molar-refractivity contribution in [3.05, 3.63) is 58.7 Å². The van der Waals surface area contributed by atoms with Crippen molar-refractivity contribution < 1.29 is 14.3 Å². The molecule has 2 aromatic carbocycles. The Morgan fingerprint density at radius 2 is 1.88 bits per heavy atom. The second kappa shape index (κ2) is 7.48. The number of hydrogen-bond donors (Lipinski definition) is 1. The zero-order chi connectivity index (χ0) is 17.8. The van der Waals surface area contributed by atoms with Gasteiger partial charge in [-0.25, -0.2) is 0 Å². The van der Waals surface area contributed by atoms with E-state index in [0.717, 1.165) is 15.4 Å². The van der Waals surface area contributed by atoms with Crippen LogP contribution in [0.3, 0.4) is 0 Å². The van der Waals surface area contributed by atoms with Crippen LogP contribution in [0.15, 0.2) is 53.0 Å². The van der Waals surface area contributed by atoms with E-state index in [0.29, 0.717) is 17.9 Å². The number of methoxy groups -OCH3 is 1. The van der Waals surface area contributed by atoms with E-state index in [-0.39, 0.29) is 18.3 Å². The first-order chi connectivity index (χ1) is 12.1. The van der Waals surface area contributed by atoms with Crippen LogP contribution in [-0.2, 0) is 16.1 Å². The molecule has 0 aliphatic carbocycles. The maximum atomic E-state index is 12.6. The number of aromatic nitrogens is 2. The molecular formula is C18H16BrN3O3. The predicted octanol–water partition coefficient (Wildman–Crippen LogP) is 3.61. The first-order valence-corrected chi connectivity index (χ1v) is 8.47. The third-order valence-electron chi connectivity index (χ3n) is 3.73. The van der Waals surface area contributed by atoms with Crippen molar-refractivity contribution in [1.29, 1.82) is 0 Å². The Kier molecular flexibility index (Phi) is 5.14. The number of esters is 1. The zero-order valence-corrected chi connectivity index (χ0v) is 15.1. The number of nitrogens with one attached hydrogen (secondary N) is 1. The molecule has 0 spiro atoms. The standard InChI is InChI=1S/C18H16BrN3O3/c1-25-16(23)10-11-22-15-5-3-2-4-14(15)17(21-22)18(24)20-13-8-6-12(19)7-9-13/h2-9H,10-11H2,1H3,(H,20,24). The summed E-state index contributed by atoms with van der Waals surface area (Å²) in [5, 5.41) is 7.97. The minimum absolute atomic E-state index is 0.190. The molecule has 0 unspecified atom stereocenters. The van der Waals surface area contributed by atoms with Crippen molar-refractivity contribution in [2.75, 3.05) is 12.4 Å². The number of aryl methyl sites for hydroxylation is 1. The van der Waals surface area contributed by atoms with Crippen molar-refractivity contribution in [3.8, 4) is 0 Å². The Labute approximate surface area is 152 Å². The summed E-state index contributed by atoms with van der Waals surface area (Å²) in [6.45, 7) is 0.346. The lowest BCUT2D eigenvalue weighted by Gasteiger charge is -2.03. The smallest absolute Gasteiger partial charge is 0.307 e. The van der Waals surface area contributed by atoms with E-state index in [9.17, 15) is 9.59 Å². The van der Waals surface area contributed by atoms with Gasteiger partial charge >= 0.3 is 5.97 Å². The fraction of sp³-hybridized carbons (Fsp3) is 0.167. The average molecular weight is 402 g/mol. The Hall–Kier alpha value is -2.67. The second-order valence-electron chi connectivity index (χ2n) is 5.38. The molecule has 0 aliphatic rings.